The van der Waals surface area contributed by atoms with Crippen molar-refractivity contribution in [3.05, 3.63) is 65.2 Å². The first-order valence-electron chi connectivity index (χ1n) is 11.7. The Morgan fingerprint density at radius 1 is 0.875 bits per heavy atom. The van der Waals surface area contributed by atoms with Crippen molar-refractivity contribution in [2.24, 2.45) is 22.7 Å². The summed E-state index contributed by atoms with van der Waals surface area (Å²) in [5.74, 6) is -0.256. The van der Waals surface area contributed by atoms with Gasteiger partial charge in [-0.05, 0) is 72.6 Å². The zero-order chi connectivity index (χ0) is 24.5. The zero-order valence-electron chi connectivity index (χ0n) is 21.4. The zero-order valence-corrected chi connectivity index (χ0v) is 21.4. The highest BCUT2D eigenvalue weighted by Crippen LogP contribution is 2.34. The largest absolute Gasteiger partial charge is 0.508 e. The monoisotopic (exact) mass is 440 g/mol. The predicted octanol–water partition coefficient (Wildman–Crippen LogP) is 7.68. The Morgan fingerprint density at radius 3 is 1.81 bits per heavy atom. The van der Waals surface area contributed by atoms with Crippen LogP contribution in [0.4, 0.5) is 0 Å². The molecule has 0 saturated heterocycles. The summed E-state index contributed by atoms with van der Waals surface area (Å²) >= 11 is 0. The van der Waals surface area contributed by atoms with Gasteiger partial charge in [-0.2, -0.15) is 0 Å². The van der Waals surface area contributed by atoms with Crippen LogP contribution in [0.5, 0.6) is 5.75 Å². The fraction of sp³-hybridized carbons (Fsp3) is 0.552. The number of aliphatic carboxylic acids is 1. The fourth-order valence-electron chi connectivity index (χ4n) is 3.46. The fourth-order valence-corrected chi connectivity index (χ4v) is 3.46. The van der Waals surface area contributed by atoms with Gasteiger partial charge >= 0.3 is 5.97 Å². The maximum atomic E-state index is 11.1. The van der Waals surface area contributed by atoms with Gasteiger partial charge in [-0.25, -0.2) is 0 Å². The predicted molar refractivity (Wildman–Crippen MR) is 135 cm³/mol. The molecule has 0 saturated carbocycles. The summed E-state index contributed by atoms with van der Waals surface area (Å²) in [7, 11) is 0. The smallest absolute Gasteiger partial charge is 0.306 e. The van der Waals surface area contributed by atoms with Gasteiger partial charge in [-0.3, -0.25) is 4.79 Å². The molecule has 0 radical (unpaired) electrons. The quantitative estimate of drug-likeness (QED) is 0.464. The third-order valence-corrected chi connectivity index (χ3v) is 5.99. The molecule has 32 heavy (non-hydrogen) atoms. The normalized spacial score (nSPS) is 13.6. The average Bonchev–Trinajstić information content (AvgIpc) is 2.67. The highest BCUT2D eigenvalue weighted by molar-refractivity contribution is 5.69. The Hall–Kier alpha value is -2.29. The molecule has 3 heteroatoms. The number of aromatic hydroxyl groups is 1. The number of hydrogen-bond donors (Lipinski definition) is 2. The number of phenols is 1. The molecule has 0 aliphatic rings. The molecule has 2 aromatic carbocycles. The van der Waals surface area contributed by atoms with E-state index in [2.05, 4.69) is 72.7 Å². The molecule has 0 bridgehead atoms. The molecule has 0 fully saturated rings. The summed E-state index contributed by atoms with van der Waals surface area (Å²) in [6.07, 6.45) is 3.94. The average molecular weight is 441 g/mol. The number of rotatable bonds is 7. The standard InChI is InChI=1S/C17H26O2.C12H18O/c1-12-6-8-14(9-7-12)11-15(17(3,4)5)10-13(2)16(18)19;1-12(2,3)9-8-10-4-6-11(13)7-5-10/h6-9,13,15H,10-11H2,1-5H3,(H,18,19);4-7,13H,8-9H2,1-3H3. The molecule has 0 aliphatic heterocycles. The van der Waals surface area contributed by atoms with E-state index in [0.29, 0.717) is 17.1 Å². The van der Waals surface area contributed by atoms with Crippen molar-refractivity contribution in [3.63, 3.8) is 0 Å². The van der Waals surface area contributed by atoms with E-state index < -0.39 is 5.97 Å². The lowest BCUT2D eigenvalue weighted by Crippen LogP contribution is -2.27. The second kappa shape index (κ2) is 12.1. The number of carboxylic acid groups (broad SMARTS) is 1. The number of phenolic OH excluding ortho intramolecular Hbond substituents is 1. The molecule has 2 rings (SSSR count). The summed E-state index contributed by atoms with van der Waals surface area (Å²) < 4.78 is 0. The number of carbonyl (C=O) groups is 1. The van der Waals surface area contributed by atoms with Crippen molar-refractivity contribution in [1.29, 1.82) is 0 Å². The van der Waals surface area contributed by atoms with Crippen molar-refractivity contribution < 1.29 is 15.0 Å². The van der Waals surface area contributed by atoms with E-state index in [1.54, 1.807) is 19.1 Å². The maximum absolute atomic E-state index is 11.1. The van der Waals surface area contributed by atoms with Gasteiger partial charge in [0.2, 0.25) is 0 Å². The second-order valence-electron chi connectivity index (χ2n) is 11.5. The van der Waals surface area contributed by atoms with Crippen LogP contribution in [-0.2, 0) is 17.6 Å². The molecule has 0 heterocycles. The van der Waals surface area contributed by atoms with E-state index in [9.17, 15) is 4.79 Å². The molecule has 2 unspecified atom stereocenters. The van der Waals surface area contributed by atoms with Gasteiger partial charge in [0.15, 0.2) is 0 Å². The van der Waals surface area contributed by atoms with Crippen LogP contribution in [0.1, 0.15) is 78.0 Å². The van der Waals surface area contributed by atoms with Crippen LogP contribution in [0.2, 0.25) is 0 Å². The van der Waals surface area contributed by atoms with Crippen LogP contribution in [0.15, 0.2) is 48.5 Å². The van der Waals surface area contributed by atoms with Crippen LogP contribution >= 0.6 is 0 Å². The van der Waals surface area contributed by atoms with Gasteiger partial charge < -0.3 is 10.2 Å². The minimum absolute atomic E-state index is 0.120. The molecular weight excluding hydrogens is 396 g/mol. The lowest BCUT2D eigenvalue weighted by Gasteiger charge is -2.32. The summed E-state index contributed by atoms with van der Waals surface area (Å²) in [4.78, 5) is 11.1. The molecule has 178 valence electrons. The van der Waals surface area contributed by atoms with Crippen molar-refractivity contribution in [2.75, 3.05) is 0 Å². The Labute approximate surface area is 195 Å². The Kier molecular flexibility index (Phi) is 10.5. The van der Waals surface area contributed by atoms with Gasteiger partial charge in [0.1, 0.15) is 5.75 Å². The molecule has 0 amide bonds. The van der Waals surface area contributed by atoms with E-state index in [-0.39, 0.29) is 11.3 Å². The van der Waals surface area contributed by atoms with Crippen LogP contribution in [0.3, 0.4) is 0 Å². The van der Waals surface area contributed by atoms with Crippen molar-refractivity contribution in [1.82, 2.24) is 0 Å². The highest BCUT2D eigenvalue weighted by atomic mass is 16.4. The van der Waals surface area contributed by atoms with Gasteiger partial charge in [-0.15, -0.1) is 0 Å². The molecule has 0 aromatic heterocycles. The van der Waals surface area contributed by atoms with Gasteiger partial charge in [-0.1, -0.05) is 90.4 Å². The van der Waals surface area contributed by atoms with Crippen molar-refractivity contribution in [3.8, 4) is 5.75 Å². The molecule has 2 aromatic rings. The van der Waals surface area contributed by atoms with Crippen LogP contribution in [0.25, 0.3) is 0 Å². The van der Waals surface area contributed by atoms with E-state index in [1.807, 2.05) is 12.1 Å². The Balaban J connectivity index is 0.000000343. The number of hydrogen-bond acceptors (Lipinski definition) is 2. The summed E-state index contributed by atoms with van der Waals surface area (Å²) in [6, 6.07) is 16.0. The number of carboxylic acids is 1. The maximum Gasteiger partial charge on any atom is 0.306 e. The summed E-state index contributed by atoms with van der Waals surface area (Å²) in [5.41, 5.74) is 4.36. The number of aryl methyl sites for hydroxylation is 2. The van der Waals surface area contributed by atoms with Crippen LogP contribution in [0, 0.1) is 29.6 Å². The Bertz CT molecular complexity index is 805. The SMILES string of the molecule is CC(C)(C)CCc1ccc(O)cc1.Cc1ccc(CC(CC(C)C(=O)O)C(C)(C)C)cc1. The molecule has 0 aliphatic carbocycles. The van der Waals surface area contributed by atoms with Gasteiger partial charge in [0.05, 0.1) is 5.92 Å². The topological polar surface area (TPSA) is 57.5 Å². The van der Waals surface area contributed by atoms with Crippen LogP contribution < -0.4 is 0 Å². The molecule has 2 N–H and O–H groups in total. The minimum Gasteiger partial charge on any atom is -0.508 e. The van der Waals surface area contributed by atoms with E-state index in [0.717, 1.165) is 19.3 Å². The lowest BCUT2D eigenvalue weighted by molar-refractivity contribution is -0.142. The van der Waals surface area contributed by atoms with E-state index in [1.165, 1.54) is 23.1 Å². The highest BCUT2D eigenvalue weighted by Gasteiger charge is 2.28. The van der Waals surface area contributed by atoms with Gasteiger partial charge in [0.25, 0.3) is 0 Å². The van der Waals surface area contributed by atoms with Crippen LogP contribution in [-0.4, -0.2) is 16.2 Å². The molecule has 0 spiro atoms. The third kappa shape index (κ3) is 11.4. The third-order valence-electron chi connectivity index (χ3n) is 5.99. The van der Waals surface area contributed by atoms with E-state index >= 15 is 0 Å². The van der Waals surface area contributed by atoms with Gasteiger partial charge in [0, 0.05) is 0 Å². The number of benzene rings is 2. The first-order chi connectivity index (χ1) is 14.7. The lowest BCUT2D eigenvalue weighted by atomic mass is 9.73. The molecule has 3 nitrogen and oxygen atoms in total. The summed E-state index contributed by atoms with van der Waals surface area (Å²) in [5, 5.41) is 18.2. The molecule has 2 atom stereocenters. The second-order valence-corrected chi connectivity index (χ2v) is 11.5. The first kappa shape index (κ1) is 27.7. The minimum atomic E-state index is -0.696. The van der Waals surface area contributed by atoms with Crippen molar-refractivity contribution in [2.45, 2.75) is 81.1 Å². The van der Waals surface area contributed by atoms with Crippen molar-refractivity contribution >= 4 is 5.97 Å². The Morgan fingerprint density at radius 2 is 1.38 bits per heavy atom. The summed E-state index contributed by atoms with van der Waals surface area (Å²) in [6.45, 7) is 17.2. The first-order valence-corrected chi connectivity index (χ1v) is 11.7. The molecular formula is C29H44O3. The van der Waals surface area contributed by atoms with E-state index in [4.69, 9.17) is 10.2 Å².